The van der Waals surface area contributed by atoms with Gasteiger partial charge in [0.05, 0.1) is 6.04 Å². The summed E-state index contributed by atoms with van der Waals surface area (Å²) in [5, 5.41) is 0. The molecular weight excluding hydrogens is 242 g/mol. The summed E-state index contributed by atoms with van der Waals surface area (Å²) < 4.78 is 0. The van der Waals surface area contributed by atoms with E-state index in [9.17, 15) is 0 Å². The minimum Gasteiger partial charge on any atom is -0.334 e. The van der Waals surface area contributed by atoms with Crippen molar-refractivity contribution in [3.8, 4) is 0 Å². The van der Waals surface area contributed by atoms with Crippen LogP contribution in [0.15, 0.2) is 53.3 Å². The molecule has 1 aliphatic heterocycles. The maximum Gasteiger partial charge on any atom is 0.0503 e. The molecule has 1 unspecified atom stereocenters. The van der Waals surface area contributed by atoms with Gasteiger partial charge in [-0.2, -0.15) is 0 Å². The van der Waals surface area contributed by atoms with Crippen molar-refractivity contribution in [1.82, 2.24) is 0 Å². The Balaban J connectivity index is 1.93. The van der Waals surface area contributed by atoms with Gasteiger partial charge in [0.15, 0.2) is 0 Å². The lowest BCUT2D eigenvalue weighted by Gasteiger charge is -2.27. The summed E-state index contributed by atoms with van der Waals surface area (Å²) in [5.41, 5.74) is 6.60. The zero-order chi connectivity index (χ0) is 14.5. The molecular formula is C19H22N. The molecule has 1 nitrogen and oxygen atoms in total. The van der Waals surface area contributed by atoms with Crippen molar-refractivity contribution in [1.29, 1.82) is 0 Å². The van der Waals surface area contributed by atoms with Crippen LogP contribution in [-0.4, -0.2) is 6.04 Å². The highest BCUT2D eigenvalue weighted by Gasteiger charge is 2.29. The fraction of sp³-hybridized carbons (Fsp3) is 0.368. The Bertz CT molecular complexity index is 621. The minimum absolute atomic E-state index is 0.205. The van der Waals surface area contributed by atoms with Gasteiger partial charge in [-0.05, 0) is 54.7 Å². The van der Waals surface area contributed by atoms with Crippen molar-refractivity contribution in [2.75, 3.05) is 4.90 Å². The number of nitrogens with zero attached hydrogens (tertiary/aromatic N) is 1. The Morgan fingerprint density at radius 3 is 2.35 bits per heavy atom. The average molecular weight is 264 g/mol. The van der Waals surface area contributed by atoms with E-state index >= 15 is 0 Å². The second-order valence-electron chi connectivity index (χ2n) is 6.83. The number of hydrogen-bond donors (Lipinski definition) is 0. The van der Waals surface area contributed by atoms with E-state index in [0.29, 0.717) is 6.04 Å². The monoisotopic (exact) mass is 264 g/mol. The summed E-state index contributed by atoms with van der Waals surface area (Å²) in [7, 11) is 0. The fourth-order valence-electron chi connectivity index (χ4n) is 2.95. The molecule has 0 bridgehead atoms. The molecule has 0 amide bonds. The fourth-order valence-corrected chi connectivity index (χ4v) is 2.95. The van der Waals surface area contributed by atoms with Gasteiger partial charge in [0.1, 0.15) is 0 Å². The molecule has 0 aromatic heterocycles. The predicted octanol–water partition coefficient (Wildman–Crippen LogP) is 4.77. The van der Waals surface area contributed by atoms with E-state index in [4.69, 9.17) is 0 Å². The van der Waals surface area contributed by atoms with Crippen LogP contribution in [0.25, 0.3) is 0 Å². The van der Waals surface area contributed by atoms with Crippen molar-refractivity contribution in [2.45, 2.75) is 46.1 Å². The van der Waals surface area contributed by atoms with Crippen LogP contribution < -0.4 is 4.90 Å². The largest absolute Gasteiger partial charge is 0.334 e. The van der Waals surface area contributed by atoms with Gasteiger partial charge in [-0.15, -0.1) is 0 Å². The number of fused-ring (bicyclic) bond motifs is 1. The van der Waals surface area contributed by atoms with E-state index in [1.54, 1.807) is 0 Å². The van der Waals surface area contributed by atoms with Gasteiger partial charge in [0.2, 0.25) is 0 Å². The molecule has 3 rings (SSSR count). The average Bonchev–Trinajstić information content (AvgIpc) is 2.82. The molecule has 1 aromatic carbocycles. The van der Waals surface area contributed by atoms with Crippen LogP contribution in [0.3, 0.4) is 0 Å². The first-order valence-corrected chi connectivity index (χ1v) is 7.30. The van der Waals surface area contributed by atoms with Crippen LogP contribution in [0, 0.1) is 6.08 Å². The predicted molar refractivity (Wildman–Crippen MR) is 85.7 cm³/mol. The van der Waals surface area contributed by atoms with E-state index in [-0.39, 0.29) is 5.41 Å². The smallest absolute Gasteiger partial charge is 0.0503 e. The minimum atomic E-state index is 0.205. The van der Waals surface area contributed by atoms with Gasteiger partial charge in [-0.3, -0.25) is 0 Å². The van der Waals surface area contributed by atoms with Crippen LogP contribution >= 0.6 is 0 Å². The van der Waals surface area contributed by atoms with Crippen molar-refractivity contribution in [3.63, 3.8) is 0 Å². The molecule has 0 saturated carbocycles. The Hall–Kier alpha value is -1.76. The standard InChI is InChI=1S/C19H22N/c1-13-10-15-12-14(2)20(18(15)11-13)17-8-6-16(7-9-17)19(3,4)5/h6-9,11-12,14H,1-5H3. The van der Waals surface area contributed by atoms with Gasteiger partial charge < -0.3 is 4.90 Å². The molecule has 1 heterocycles. The molecule has 2 aliphatic rings. The topological polar surface area (TPSA) is 3.24 Å². The number of hydrogen-bond acceptors (Lipinski definition) is 1. The van der Waals surface area contributed by atoms with Crippen LogP contribution in [0.5, 0.6) is 0 Å². The third-order valence-corrected chi connectivity index (χ3v) is 4.05. The van der Waals surface area contributed by atoms with Crippen molar-refractivity contribution in [3.05, 3.63) is 64.9 Å². The quantitative estimate of drug-likeness (QED) is 0.706. The highest BCUT2D eigenvalue weighted by Crippen LogP contribution is 2.38. The van der Waals surface area contributed by atoms with E-state index in [2.05, 4.69) is 82.0 Å². The van der Waals surface area contributed by atoms with E-state index < -0.39 is 0 Å². The number of allylic oxidation sites excluding steroid dienone is 3. The number of anilines is 1. The second kappa shape index (κ2) is 4.37. The molecule has 1 heteroatoms. The lowest BCUT2D eigenvalue weighted by atomic mass is 9.87. The first-order valence-electron chi connectivity index (χ1n) is 7.30. The Morgan fingerprint density at radius 2 is 1.75 bits per heavy atom. The molecule has 0 spiro atoms. The molecule has 1 radical (unpaired) electrons. The van der Waals surface area contributed by atoms with Gasteiger partial charge in [0.25, 0.3) is 0 Å². The van der Waals surface area contributed by atoms with Crippen molar-refractivity contribution in [2.24, 2.45) is 0 Å². The lowest BCUT2D eigenvalue weighted by Crippen LogP contribution is -2.26. The summed E-state index contributed by atoms with van der Waals surface area (Å²) in [6.45, 7) is 11.1. The van der Waals surface area contributed by atoms with Gasteiger partial charge in [-0.1, -0.05) is 39.0 Å². The SMILES string of the molecule is CC1=[C]C2=CC(C)N(c3ccc(C(C)(C)C)cc3)C2=C1. The lowest BCUT2D eigenvalue weighted by molar-refractivity contribution is 0.590. The van der Waals surface area contributed by atoms with Crippen molar-refractivity contribution >= 4 is 5.69 Å². The van der Waals surface area contributed by atoms with Crippen LogP contribution in [0.4, 0.5) is 5.69 Å². The molecule has 0 saturated heterocycles. The Morgan fingerprint density at radius 1 is 1.10 bits per heavy atom. The molecule has 1 aromatic rings. The highest BCUT2D eigenvalue weighted by atomic mass is 15.2. The van der Waals surface area contributed by atoms with Crippen LogP contribution in [-0.2, 0) is 5.41 Å². The Kier molecular flexibility index (Phi) is 2.89. The summed E-state index contributed by atoms with van der Waals surface area (Å²) in [4.78, 5) is 2.39. The maximum atomic E-state index is 3.43. The third kappa shape index (κ3) is 2.11. The van der Waals surface area contributed by atoms with Crippen LogP contribution in [0.2, 0.25) is 0 Å². The molecule has 1 atom stereocenters. The molecule has 0 N–H and O–H groups in total. The number of benzene rings is 1. The zero-order valence-electron chi connectivity index (χ0n) is 13.0. The van der Waals surface area contributed by atoms with Crippen molar-refractivity contribution < 1.29 is 0 Å². The first-order chi connectivity index (χ1) is 9.36. The summed E-state index contributed by atoms with van der Waals surface area (Å²) in [6, 6.07) is 9.38. The molecule has 103 valence electrons. The molecule has 0 fully saturated rings. The van der Waals surface area contributed by atoms with Crippen LogP contribution in [0.1, 0.15) is 40.2 Å². The first kappa shape index (κ1) is 13.2. The Labute approximate surface area is 122 Å². The molecule has 20 heavy (non-hydrogen) atoms. The van der Waals surface area contributed by atoms with Gasteiger partial charge >= 0.3 is 0 Å². The molecule has 1 aliphatic carbocycles. The number of rotatable bonds is 1. The second-order valence-corrected chi connectivity index (χ2v) is 6.83. The summed E-state index contributed by atoms with van der Waals surface area (Å²) >= 11 is 0. The zero-order valence-corrected chi connectivity index (χ0v) is 13.0. The van der Waals surface area contributed by atoms with Gasteiger partial charge in [-0.25, -0.2) is 0 Å². The maximum absolute atomic E-state index is 3.43. The highest BCUT2D eigenvalue weighted by molar-refractivity contribution is 5.68. The van der Waals surface area contributed by atoms with E-state index in [1.165, 1.54) is 28.1 Å². The van der Waals surface area contributed by atoms with Gasteiger partial charge in [0, 0.05) is 17.0 Å². The normalized spacial score (nSPS) is 21.6. The van der Waals surface area contributed by atoms with E-state index in [0.717, 1.165) is 0 Å². The third-order valence-electron chi connectivity index (χ3n) is 4.05. The summed E-state index contributed by atoms with van der Waals surface area (Å²) in [6.07, 6.45) is 7.95. The van der Waals surface area contributed by atoms with E-state index in [1.807, 2.05) is 0 Å². The summed E-state index contributed by atoms with van der Waals surface area (Å²) in [5.74, 6) is 0.